The highest BCUT2D eigenvalue weighted by Gasteiger charge is 2.24. The van der Waals surface area contributed by atoms with Gasteiger partial charge in [-0.05, 0) is 44.1 Å². The Morgan fingerprint density at radius 2 is 1.96 bits per heavy atom. The Morgan fingerprint density at radius 3 is 2.73 bits per heavy atom. The number of likely N-dealkylation sites (tertiary alicyclic amines) is 1. The molecule has 3 heterocycles. The van der Waals surface area contributed by atoms with E-state index in [2.05, 4.69) is 46.1 Å². The van der Waals surface area contributed by atoms with Crippen LogP contribution in [0.5, 0.6) is 0 Å². The molecule has 2 aliphatic rings. The summed E-state index contributed by atoms with van der Waals surface area (Å²) in [7, 11) is 2.20. The Bertz CT molecular complexity index is 989. The predicted molar refractivity (Wildman–Crippen MR) is 102 cm³/mol. The number of para-hydroxylation sites is 1. The first-order valence-corrected chi connectivity index (χ1v) is 9.30. The van der Waals surface area contributed by atoms with Crippen LogP contribution in [0.3, 0.4) is 0 Å². The molecular weight excluding hydrogens is 324 g/mol. The van der Waals surface area contributed by atoms with Crippen LogP contribution in [0.4, 0.5) is 0 Å². The molecule has 2 aliphatic heterocycles. The van der Waals surface area contributed by atoms with E-state index in [0.717, 1.165) is 29.0 Å². The normalized spacial score (nSPS) is 20.3. The molecule has 0 aliphatic carbocycles. The summed E-state index contributed by atoms with van der Waals surface area (Å²) in [4.78, 5) is 19.6. The third-order valence-corrected chi connectivity index (χ3v) is 5.71. The lowest BCUT2D eigenvalue weighted by molar-refractivity contribution is 0.0956. The molecule has 5 heteroatoms. The number of amides is 1. The average Bonchev–Trinajstić information content (AvgIpc) is 3.20. The van der Waals surface area contributed by atoms with Gasteiger partial charge in [0.25, 0.3) is 5.91 Å². The van der Waals surface area contributed by atoms with Crippen LogP contribution >= 0.6 is 0 Å². The summed E-state index contributed by atoms with van der Waals surface area (Å²) in [5.41, 5.74) is 5.01. The SMILES string of the molecule is CN1CCCC1c1ccc(-c2nc3cccc4c3n2CCNC4=O)cc1. The summed E-state index contributed by atoms with van der Waals surface area (Å²) in [6.45, 7) is 2.53. The van der Waals surface area contributed by atoms with E-state index in [1.807, 2.05) is 18.2 Å². The van der Waals surface area contributed by atoms with Crippen molar-refractivity contribution >= 4 is 16.9 Å². The molecule has 26 heavy (non-hydrogen) atoms. The molecule has 0 saturated carbocycles. The molecule has 0 radical (unpaired) electrons. The quantitative estimate of drug-likeness (QED) is 0.775. The lowest BCUT2D eigenvalue weighted by atomic mass is 10.0. The van der Waals surface area contributed by atoms with Crippen molar-refractivity contribution in [3.63, 3.8) is 0 Å². The van der Waals surface area contributed by atoms with Crippen LogP contribution in [0.15, 0.2) is 42.5 Å². The Morgan fingerprint density at radius 1 is 1.12 bits per heavy atom. The van der Waals surface area contributed by atoms with Crippen molar-refractivity contribution in [3.8, 4) is 11.4 Å². The summed E-state index contributed by atoms with van der Waals surface area (Å²) in [6.07, 6.45) is 2.49. The number of hydrogen-bond acceptors (Lipinski definition) is 3. The summed E-state index contributed by atoms with van der Waals surface area (Å²) in [5.74, 6) is 0.927. The minimum atomic E-state index is -0.0135. The van der Waals surface area contributed by atoms with Crippen LogP contribution in [0, 0.1) is 0 Å². The van der Waals surface area contributed by atoms with Gasteiger partial charge >= 0.3 is 0 Å². The highest BCUT2D eigenvalue weighted by molar-refractivity contribution is 6.06. The summed E-state index contributed by atoms with van der Waals surface area (Å²) < 4.78 is 2.18. The number of carbonyl (C=O) groups is 1. The van der Waals surface area contributed by atoms with Gasteiger partial charge in [0.1, 0.15) is 5.82 Å². The molecule has 132 valence electrons. The molecular formula is C21H22N4O. The van der Waals surface area contributed by atoms with Crippen molar-refractivity contribution < 1.29 is 4.79 Å². The summed E-state index contributed by atoms with van der Waals surface area (Å²) >= 11 is 0. The van der Waals surface area contributed by atoms with Crippen LogP contribution in [0.1, 0.15) is 34.8 Å². The Balaban J connectivity index is 1.60. The van der Waals surface area contributed by atoms with Crippen molar-refractivity contribution in [2.24, 2.45) is 0 Å². The number of imidazole rings is 1. The highest BCUT2D eigenvalue weighted by atomic mass is 16.1. The maximum atomic E-state index is 12.3. The maximum Gasteiger partial charge on any atom is 0.253 e. The molecule has 0 spiro atoms. The highest BCUT2D eigenvalue weighted by Crippen LogP contribution is 2.33. The van der Waals surface area contributed by atoms with Crippen molar-refractivity contribution in [2.45, 2.75) is 25.4 Å². The van der Waals surface area contributed by atoms with E-state index < -0.39 is 0 Å². The van der Waals surface area contributed by atoms with Crippen molar-refractivity contribution in [1.82, 2.24) is 19.8 Å². The number of nitrogens with one attached hydrogen (secondary N) is 1. The third-order valence-electron chi connectivity index (χ3n) is 5.71. The minimum Gasteiger partial charge on any atom is -0.350 e. The fraction of sp³-hybridized carbons (Fsp3) is 0.333. The summed E-state index contributed by atoms with van der Waals surface area (Å²) in [5, 5.41) is 2.97. The maximum absolute atomic E-state index is 12.3. The smallest absolute Gasteiger partial charge is 0.253 e. The molecule has 1 N–H and O–H groups in total. The second-order valence-electron chi connectivity index (χ2n) is 7.28. The first-order chi connectivity index (χ1) is 12.7. The molecule has 5 nitrogen and oxygen atoms in total. The van der Waals surface area contributed by atoms with Gasteiger partial charge in [0, 0.05) is 24.7 Å². The van der Waals surface area contributed by atoms with Gasteiger partial charge in [-0.25, -0.2) is 4.98 Å². The monoisotopic (exact) mass is 346 g/mol. The number of rotatable bonds is 2. The Hall–Kier alpha value is -2.66. The van der Waals surface area contributed by atoms with Crippen LogP contribution in [-0.4, -0.2) is 40.5 Å². The van der Waals surface area contributed by atoms with Crippen LogP contribution < -0.4 is 5.32 Å². The zero-order chi connectivity index (χ0) is 17.7. The average molecular weight is 346 g/mol. The third kappa shape index (κ3) is 2.35. The van der Waals surface area contributed by atoms with Gasteiger partial charge in [0.05, 0.1) is 16.6 Å². The van der Waals surface area contributed by atoms with E-state index in [1.165, 1.54) is 24.9 Å². The molecule has 0 bridgehead atoms. The van der Waals surface area contributed by atoms with E-state index in [1.54, 1.807) is 0 Å². The molecule has 1 amide bonds. The van der Waals surface area contributed by atoms with Crippen molar-refractivity contribution in [3.05, 3.63) is 53.6 Å². The van der Waals surface area contributed by atoms with E-state index >= 15 is 0 Å². The van der Waals surface area contributed by atoms with Crippen molar-refractivity contribution in [2.75, 3.05) is 20.1 Å². The largest absolute Gasteiger partial charge is 0.350 e. The molecule has 1 aromatic heterocycles. The Kier molecular flexibility index (Phi) is 3.57. The standard InChI is InChI=1S/C21H22N4O/c1-24-12-3-6-18(24)14-7-9-15(10-8-14)20-23-17-5-2-4-16-19(17)25(20)13-11-22-21(16)26/h2,4-5,7-10,18H,3,6,11-13H2,1H3,(H,22,26). The number of hydrogen-bond donors (Lipinski definition) is 1. The first kappa shape index (κ1) is 15.6. The lowest BCUT2D eigenvalue weighted by Gasteiger charge is -2.20. The molecule has 1 unspecified atom stereocenters. The molecule has 5 rings (SSSR count). The fourth-order valence-electron chi connectivity index (χ4n) is 4.37. The van der Waals surface area contributed by atoms with Gasteiger partial charge in [-0.2, -0.15) is 0 Å². The van der Waals surface area contributed by atoms with Gasteiger partial charge in [-0.15, -0.1) is 0 Å². The zero-order valence-corrected chi connectivity index (χ0v) is 14.9. The number of nitrogens with zero attached hydrogens (tertiary/aromatic N) is 3. The Labute approximate surface area is 152 Å². The zero-order valence-electron chi connectivity index (χ0n) is 14.9. The molecule has 1 fully saturated rings. The van der Waals surface area contributed by atoms with E-state index in [4.69, 9.17) is 4.98 Å². The molecule has 1 saturated heterocycles. The molecule has 3 aromatic rings. The fourth-order valence-corrected chi connectivity index (χ4v) is 4.37. The predicted octanol–water partition coefficient (Wildman–Crippen LogP) is 3.21. The van der Waals surface area contributed by atoms with E-state index in [-0.39, 0.29) is 5.91 Å². The number of benzene rings is 2. The van der Waals surface area contributed by atoms with E-state index in [0.29, 0.717) is 18.2 Å². The van der Waals surface area contributed by atoms with Gasteiger partial charge in [-0.3, -0.25) is 9.69 Å². The number of aromatic nitrogens is 2. The molecule has 1 atom stereocenters. The lowest BCUT2D eigenvalue weighted by Crippen LogP contribution is -2.24. The van der Waals surface area contributed by atoms with Gasteiger partial charge in [0.2, 0.25) is 0 Å². The van der Waals surface area contributed by atoms with Gasteiger partial charge < -0.3 is 9.88 Å². The summed E-state index contributed by atoms with van der Waals surface area (Å²) in [6, 6.07) is 15.1. The second-order valence-corrected chi connectivity index (χ2v) is 7.28. The van der Waals surface area contributed by atoms with Crippen molar-refractivity contribution in [1.29, 1.82) is 0 Å². The minimum absolute atomic E-state index is 0.0135. The first-order valence-electron chi connectivity index (χ1n) is 9.30. The van der Waals surface area contributed by atoms with Gasteiger partial charge in [0.15, 0.2) is 0 Å². The molecule has 2 aromatic carbocycles. The van der Waals surface area contributed by atoms with Crippen LogP contribution in [0.2, 0.25) is 0 Å². The van der Waals surface area contributed by atoms with E-state index in [9.17, 15) is 4.79 Å². The second kappa shape index (κ2) is 5.95. The topological polar surface area (TPSA) is 50.2 Å². The van der Waals surface area contributed by atoms with Gasteiger partial charge in [-0.1, -0.05) is 30.3 Å². The number of carbonyl (C=O) groups excluding carboxylic acids is 1. The van der Waals surface area contributed by atoms with Crippen LogP contribution in [-0.2, 0) is 6.54 Å². The van der Waals surface area contributed by atoms with Crippen LogP contribution in [0.25, 0.3) is 22.4 Å².